The van der Waals surface area contributed by atoms with Crippen molar-refractivity contribution in [2.24, 2.45) is 0 Å². The van der Waals surface area contributed by atoms with E-state index in [9.17, 15) is 0 Å². The lowest BCUT2D eigenvalue weighted by atomic mass is 10.1. The number of methoxy groups -OCH3 is 1. The van der Waals surface area contributed by atoms with E-state index in [1.807, 2.05) is 13.1 Å². The average Bonchev–Trinajstić information content (AvgIpc) is 2.79. The first-order valence-corrected chi connectivity index (χ1v) is 7.12. The predicted molar refractivity (Wildman–Crippen MR) is 82.6 cm³/mol. The molecule has 0 radical (unpaired) electrons. The van der Waals surface area contributed by atoms with Crippen LogP contribution in [-0.2, 0) is 17.7 Å². The first kappa shape index (κ1) is 14.6. The van der Waals surface area contributed by atoms with Gasteiger partial charge in [0.1, 0.15) is 0 Å². The molecular formula is C16H23N3O. The standard InChI is InChI=1S/C16H23N3O/c1-4-7-14-8-5-6-9-15(14)18-16-17-13(2)12-19(16)10-11-20-3/h5-6,8-9,12H,4,7,10-11H2,1-3H3,(H,17,18). The van der Waals surface area contributed by atoms with Crippen molar-refractivity contribution in [3.63, 3.8) is 0 Å². The van der Waals surface area contributed by atoms with E-state index in [1.165, 1.54) is 5.56 Å². The smallest absolute Gasteiger partial charge is 0.207 e. The number of benzene rings is 1. The van der Waals surface area contributed by atoms with Crippen LogP contribution in [0, 0.1) is 6.92 Å². The topological polar surface area (TPSA) is 39.1 Å². The minimum absolute atomic E-state index is 0.682. The Morgan fingerprint density at radius 2 is 2.10 bits per heavy atom. The van der Waals surface area contributed by atoms with Crippen LogP contribution < -0.4 is 5.32 Å². The van der Waals surface area contributed by atoms with Gasteiger partial charge in [-0.15, -0.1) is 0 Å². The lowest BCUT2D eigenvalue weighted by molar-refractivity contribution is 0.188. The van der Waals surface area contributed by atoms with Gasteiger partial charge in [0, 0.05) is 25.5 Å². The molecule has 0 aliphatic heterocycles. The molecule has 20 heavy (non-hydrogen) atoms. The lowest BCUT2D eigenvalue weighted by Gasteiger charge is -2.12. The van der Waals surface area contributed by atoms with Crippen LogP contribution in [0.5, 0.6) is 0 Å². The number of aryl methyl sites for hydroxylation is 2. The Morgan fingerprint density at radius 3 is 2.85 bits per heavy atom. The summed E-state index contributed by atoms with van der Waals surface area (Å²) in [5, 5.41) is 3.45. The molecule has 0 spiro atoms. The van der Waals surface area contributed by atoms with Gasteiger partial charge in [-0.05, 0) is 25.0 Å². The quantitative estimate of drug-likeness (QED) is 0.838. The number of rotatable bonds is 7. The molecule has 0 aliphatic rings. The van der Waals surface area contributed by atoms with Gasteiger partial charge >= 0.3 is 0 Å². The van der Waals surface area contributed by atoms with Crippen LogP contribution in [0.25, 0.3) is 0 Å². The molecule has 1 heterocycles. The maximum Gasteiger partial charge on any atom is 0.207 e. The van der Waals surface area contributed by atoms with E-state index in [0.29, 0.717) is 6.61 Å². The zero-order chi connectivity index (χ0) is 14.4. The summed E-state index contributed by atoms with van der Waals surface area (Å²) in [6.07, 6.45) is 4.25. The van der Waals surface area contributed by atoms with Gasteiger partial charge in [0.2, 0.25) is 5.95 Å². The van der Waals surface area contributed by atoms with E-state index >= 15 is 0 Å². The minimum Gasteiger partial charge on any atom is -0.383 e. The summed E-state index contributed by atoms with van der Waals surface area (Å²) in [5.41, 5.74) is 3.48. The third-order valence-electron chi connectivity index (χ3n) is 3.22. The van der Waals surface area contributed by atoms with Crippen molar-refractivity contribution >= 4 is 11.6 Å². The third kappa shape index (κ3) is 3.61. The maximum absolute atomic E-state index is 5.15. The van der Waals surface area contributed by atoms with E-state index in [1.54, 1.807) is 7.11 Å². The van der Waals surface area contributed by atoms with Crippen molar-refractivity contribution < 1.29 is 4.74 Å². The van der Waals surface area contributed by atoms with Crippen molar-refractivity contribution in [2.45, 2.75) is 33.2 Å². The van der Waals surface area contributed by atoms with Crippen molar-refractivity contribution in [1.29, 1.82) is 0 Å². The molecule has 2 aromatic rings. The average molecular weight is 273 g/mol. The monoisotopic (exact) mass is 273 g/mol. The van der Waals surface area contributed by atoms with E-state index in [0.717, 1.165) is 36.7 Å². The largest absolute Gasteiger partial charge is 0.383 e. The predicted octanol–water partition coefficient (Wildman–Crippen LogP) is 3.53. The second-order valence-electron chi connectivity index (χ2n) is 4.92. The second kappa shape index (κ2) is 7.10. The van der Waals surface area contributed by atoms with Crippen LogP contribution in [0.1, 0.15) is 24.6 Å². The SMILES string of the molecule is CCCc1ccccc1Nc1nc(C)cn1CCOC. The van der Waals surface area contributed by atoms with Gasteiger partial charge in [-0.25, -0.2) is 4.98 Å². The Kier molecular flexibility index (Phi) is 5.18. The van der Waals surface area contributed by atoms with Crippen molar-refractivity contribution in [3.05, 3.63) is 41.7 Å². The van der Waals surface area contributed by atoms with E-state index in [-0.39, 0.29) is 0 Å². The number of para-hydroxylation sites is 1. The summed E-state index contributed by atoms with van der Waals surface area (Å²) in [5.74, 6) is 0.878. The molecule has 0 fully saturated rings. The molecule has 0 unspecified atom stereocenters. The maximum atomic E-state index is 5.15. The number of hydrogen-bond acceptors (Lipinski definition) is 3. The summed E-state index contributed by atoms with van der Waals surface area (Å²) < 4.78 is 7.24. The Hall–Kier alpha value is -1.81. The number of aromatic nitrogens is 2. The fourth-order valence-corrected chi connectivity index (χ4v) is 2.26. The van der Waals surface area contributed by atoms with Crippen LogP contribution in [0.2, 0.25) is 0 Å². The number of ether oxygens (including phenoxy) is 1. The molecule has 0 atom stereocenters. The van der Waals surface area contributed by atoms with Crippen LogP contribution in [-0.4, -0.2) is 23.3 Å². The van der Waals surface area contributed by atoms with E-state index in [2.05, 4.69) is 46.1 Å². The van der Waals surface area contributed by atoms with Gasteiger partial charge in [-0.3, -0.25) is 0 Å². The van der Waals surface area contributed by atoms with Gasteiger partial charge in [-0.1, -0.05) is 31.5 Å². The summed E-state index contributed by atoms with van der Waals surface area (Å²) in [4.78, 5) is 4.56. The van der Waals surface area contributed by atoms with Crippen molar-refractivity contribution in [3.8, 4) is 0 Å². The first-order valence-electron chi connectivity index (χ1n) is 7.12. The molecule has 0 amide bonds. The molecule has 108 valence electrons. The molecule has 0 saturated carbocycles. The van der Waals surface area contributed by atoms with Gasteiger partial charge in [0.15, 0.2) is 0 Å². The Labute approximate surface area is 120 Å². The van der Waals surface area contributed by atoms with Crippen molar-refractivity contribution in [2.75, 3.05) is 19.0 Å². The highest BCUT2D eigenvalue weighted by Gasteiger charge is 2.08. The van der Waals surface area contributed by atoms with Gasteiger partial charge in [0.25, 0.3) is 0 Å². The van der Waals surface area contributed by atoms with Crippen LogP contribution in [0.4, 0.5) is 11.6 Å². The molecular weight excluding hydrogens is 250 g/mol. The molecule has 2 rings (SSSR count). The molecule has 4 nitrogen and oxygen atoms in total. The highest BCUT2D eigenvalue weighted by atomic mass is 16.5. The highest BCUT2D eigenvalue weighted by Crippen LogP contribution is 2.21. The molecule has 0 bridgehead atoms. The van der Waals surface area contributed by atoms with Crippen LogP contribution >= 0.6 is 0 Å². The first-order chi connectivity index (χ1) is 9.74. The third-order valence-corrected chi connectivity index (χ3v) is 3.22. The highest BCUT2D eigenvalue weighted by molar-refractivity contribution is 5.59. The zero-order valence-electron chi connectivity index (χ0n) is 12.5. The number of hydrogen-bond donors (Lipinski definition) is 1. The number of anilines is 2. The van der Waals surface area contributed by atoms with E-state index < -0.39 is 0 Å². The molecule has 0 aliphatic carbocycles. The van der Waals surface area contributed by atoms with Gasteiger partial charge in [0.05, 0.1) is 12.3 Å². The molecule has 1 aromatic heterocycles. The molecule has 0 saturated heterocycles. The zero-order valence-corrected chi connectivity index (χ0v) is 12.5. The number of nitrogens with zero attached hydrogens (tertiary/aromatic N) is 2. The summed E-state index contributed by atoms with van der Waals surface area (Å²) >= 11 is 0. The molecule has 1 aromatic carbocycles. The van der Waals surface area contributed by atoms with Crippen LogP contribution in [0.15, 0.2) is 30.5 Å². The fraction of sp³-hybridized carbons (Fsp3) is 0.438. The summed E-state index contributed by atoms with van der Waals surface area (Å²) in [7, 11) is 1.72. The molecule has 1 N–H and O–H groups in total. The summed E-state index contributed by atoms with van der Waals surface area (Å²) in [6, 6.07) is 8.41. The van der Waals surface area contributed by atoms with E-state index in [4.69, 9.17) is 4.74 Å². The number of imidazole rings is 1. The Balaban J connectivity index is 2.21. The Morgan fingerprint density at radius 1 is 1.30 bits per heavy atom. The number of nitrogens with one attached hydrogen (secondary N) is 1. The fourth-order valence-electron chi connectivity index (χ4n) is 2.26. The minimum atomic E-state index is 0.682. The Bertz CT molecular complexity index is 548. The van der Waals surface area contributed by atoms with Gasteiger partial charge in [-0.2, -0.15) is 0 Å². The lowest BCUT2D eigenvalue weighted by Crippen LogP contribution is -2.08. The van der Waals surface area contributed by atoms with Crippen molar-refractivity contribution in [1.82, 2.24) is 9.55 Å². The molecule has 4 heteroatoms. The second-order valence-corrected chi connectivity index (χ2v) is 4.92. The normalized spacial score (nSPS) is 10.8. The van der Waals surface area contributed by atoms with Gasteiger partial charge < -0.3 is 14.6 Å². The summed E-state index contributed by atoms with van der Waals surface area (Å²) in [6.45, 7) is 5.68. The van der Waals surface area contributed by atoms with Crippen LogP contribution in [0.3, 0.4) is 0 Å².